The smallest absolute Gasteiger partial charge is 0.326 e. The summed E-state index contributed by atoms with van der Waals surface area (Å²) in [5, 5.41) is 25.7. The third-order valence-corrected chi connectivity index (χ3v) is 0.990. The molecule has 0 amide bonds. The first kappa shape index (κ1) is 5.97. The molecule has 4 heteroatoms. The van der Waals surface area contributed by atoms with Gasteiger partial charge in [-0.25, -0.2) is 0 Å². The van der Waals surface area contributed by atoms with Crippen LogP contribution in [-0.2, 0) is 6.61 Å². The molecule has 0 aliphatic rings. The van der Waals surface area contributed by atoms with Gasteiger partial charge in [-0.3, -0.25) is 0 Å². The van der Waals surface area contributed by atoms with Crippen molar-refractivity contribution in [1.29, 1.82) is 0 Å². The lowest BCUT2D eigenvalue weighted by Crippen LogP contribution is -1.75. The first-order chi connectivity index (χ1) is 4.25. The maximum absolute atomic E-state index is 8.73. The van der Waals surface area contributed by atoms with E-state index in [-0.39, 0.29) is 12.2 Å². The minimum absolute atomic E-state index is 0.188. The fourth-order valence-electron chi connectivity index (χ4n) is 0.488. The Kier molecular flexibility index (Phi) is 1.32. The second-order valence-corrected chi connectivity index (χ2v) is 1.57. The molecule has 1 aromatic rings. The van der Waals surface area contributed by atoms with Crippen molar-refractivity contribution in [2.24, 2.45) is 0 Å². The number of furan rings is 1. The number of hydrogen-bond acceptors (Lipinski definition) is 4. The highest BCUT2D eigenvalue weighted by Crippen LogP contribution is 2.30. The van der Waals surface area contributed by atoms with Gasteiger partial charge < -0.3 is 19.7 Å². The van der Waals surface area contributed by atoms with E-state index in [0.29, 0.717) is 0 Å². The largest absolute Gasteiger partial charge is 0.502 e. The summed E-state index contributed by atoms with van der Waals surface area (Å²) >= 11 is 0. The Hall–Kier alpha value is -1.16. The number of hydrogen-bond donors (Lipinski definition) is 3. The number of aromatic hydroxyl groups is 2. The molecule has 1 heterocycles. The topological polar surface area (TPSA) is 73.8 Å². The molecule has 4 nitrogen and oxygen atoms in total. The monoisotopic (exact) mass is 130 g/mol. The lowest BCUT2D eigenvalue weighted by molar-refractivity contribution is 0.274. The highest BCUT2D eigenvalue weighted by molar-refractivity contribution is 5.36. The summed E-state index contributed by atoms with van der Waals surface area (Å²) < 4.78 is 4.33. The fraction of sp³-hybridized carbons (Fsp3) is 0.200. The molecule has 3 N–H and O–H groups in total. The van der Waals surface area contributed by atoms with Crippen molar-refractivity contribution in [2.75, 3.05) is 0 Å². The lowest BCUT2D eigenvalue weighted by Gasteiger charge is -1.86. The van der Waals surface area contributed by atoms with Gasteiger partial charge in [0.25, 0.3) is 0 Å². The minimum atomic E-state index is -0.556. The van der Waals surface area contributed by atoms with Crippen molar-refractivity contribution in [3.05, 3.63) is 11.8 Å². The van der Waals surface area contributed by atoms with Gasteiger partial charge in [-0.05, 0) is 0 Å². The number of aliphatic hydroxyl groups excluding tert-OH is 1. The molecule has 0 radical (unpaired) electrons. The van der Waals surface area contributed by atoms with Crippen LogP contribution in [0.5, 0.6) is 11.7 Å². The minimum Gasteiger partial charge on any atom is -0.502 e. The average Bonchev–Trinajstić information content (AvgIpc) is 2.15. The van der Waals surface area contributed by atoms with Crippen LogP contribution in [0.15, 0.2) is 10.7 Å². The molecule has 0 bridgehead atoms. The van der Waals surface area contributed by atoms with Gasteiger partial charge in [0.15, 0.2) is 0 Å². The van der Waals surface area contributed by atoms with E-state index in [1.807, 2.05) is 0 Å². The molecule has 0 fully saturated rings. The van der Waals surface area contributed by atoms with Crippen molar-refractivity contribution in [3.8, 4) is 11.7 Å². The first-order valence-corrected chi connectivity index (χ1v) is 2.35. The molecule has 0 atom stereocenters. The highest BCUT2D eigenvalue weighted by atomic mass is 16.5. The third-order valence-electron chi connectivity index (χ3n) is 0.990. The van der Waals surface area contributed by atoms with Gasteiger partial charge in [-0.1, -0.05) is 0 Å². The number of aliphatic hydroxyl groups is 1. The summed E-state index contributed by atoms with van der Waals surface area (Å²) in [4.78, 5) is 0. The molecular weight excluding hydrogens is 124 g/mol. The van der Waals surface area contributed by atoms with Crippen LogP contribution in [0.4, 0.5) is 0 Å². The van der Waals surface area contributed by atoms with E-state index < -0.39 is 11.7 Å². The van der Waals surface area contributed by atoms with Crippen molar-refractivity contribution in [1.82, 2.24) is 0 Å². The Bertz CT molecular complexity index is 203. The highest BCUT2D eigenvalue weighted by Gasteiger charge is 2.08. The summed E-state index contributed by atoms with van der Waals surface area (Å²) in [5.74, 6) is -0.948. The van der Waals surface area contributed by atoms with Crippen LogP contribution in [0.1, 0.15) is 5.56 Å². The summed E-state index contributed by atoms with van der Waals surface area (Å²) in [6.07, 6.45) is 1.09. The normalized spacial score (nSPS) is 9.89. The van der Waals surface area contributed by atoms with Crippen molar-refractivity contribution < 1.29 is 19.7 Å². The van der Waals surface area contributed by atoms with Crippen LogP contribution < -0.4 is 0 Å². The van der Waals surface area contributed by atoms with Crippen LogP contribution in [0, 0.1) is 0 Å². The molecule has 0 saturated heterocycles. The van der Waals surface area contributed by atoms with Gasteiger partial charge in [-0.15, -0.1) is 0 Å². The third kappa shape index (κ3) is 0.837. The Morgan fingerprint density at radius 3 is 2.33 bits per heavy atom. The van der Waals surface area contributed by atoms with Crippen molar-refractivity contribution in [2.45, 2.75) is 6.61 Å². The predicted molar refractivity (Wildman–Crippen MR) is 28.0 cm³/mol. The molecule has 0 aliphatic heterocycles. The fourth-order valence-corrected chi connectivity index (χ4v) is 0.488. The van der Waals surface area contributed by atoms with Gasteiger partial charge in [0.1, 0.15) is 6.26 Å². The second kappa shape index (κ2) is 1.99. The van der Waals surface area contributed by atoms with Crippen LogP contribution in [0.25, 0.3) is 0 Å². The summed E-state index contributed by atoms with van der Waals surface area (Å²) in [6.45, 7) is -0.337. The maximum atomic E-state index is 8.73. The van der Waals surface area contributed by atoms with Crippen LogP contribution in [0.3, 0.4) is 0 Å². The van der Waals surface area contributed by atoms with Crippen LogP contribution in [-0.4, -0.2) is 15.3 Å². The van der Waals surface area contributed by atoms with E-state index in [9.17, 15) is 0 Å². The molecule has 0 aromatic carbocycles. The van der Waals surface area contributed by atoms with Crippen LogP contribution in [0.2, 0.25) is 0 Å². The van der Waals surface area contributed by atoms with Crippen molar-refractivity contribution in [3.63, 3.8) is 0 Å². The molecule has 0 spiro atoms. The standard InChI is InChI=1S/C5H6O4/c6-1-3-2-9-5(8)4(3)7/h2,6-8H,1H2. The molecule has 9 heavy (non-hydrogen) atoms. The van der Waals surface area contributed by atoms with E-state index in [2.05, 4.69) is 4.42 Å². The maximum Gasteiger partial charge on any atom is 0.326 e. The summed E-state index contributed by atoms with van der Waals surface area (Å²) in [7, 11) is 0. The Labute approximate surface area is 51.0 Å². The zero-order valence-electron chi connectivity index (χ0n) is 4.53. The predicted octanol–water partition coefficient (Wildman–Crippen LogP) is 0.183. The Morgan fingerprint density at radius 1 is 1.44 bits per heavy atom. The van der Waals surface area contributed by atoms with Gasteiger partial charge in [0, 0.05) is 0 Å². The van der Waals surface area contributed by atoms with E-state index in [0.717, 1.165) is 6.26 Å². The van der Waals surface area contributed by atoms with E-state index in [1.165, 1.54) is 0 Å². The average molecular weight is 130 g/mol. The van der Waals surface area contributed by atoms with Gasteiger partial charge in [0.2, 0.25) is 5.75 Å². The lowest BCUT2D eigenvalue weighted by atomic mass is 10.3. The molecule has 0 unspecified atom stereocenters. The first-order valence-electron chi connectivity index (χ1n) is 2.35. The summed E-state index contributed by atoms with van der Waals surface area (Å²) in [6, 6.07) is 0. The van der Waals surface area contributed by atoms with Gasteiger partial charge in [-0.2, -0.15) is 0 Å². The molecule has 0 aliphatic carbocycles. The molecular formula is C5H6O4. The zero-order valence-corrected chi connectivity index (χ0v) is 4.53. The van der Waals surface area contributed by atoms with Crippen molar-refractivity contribution >= 4 is 0 Å². The molecule has 1 rings (SSSR count). The zero-order chi connectivity index (χ0) is 6.85. The van der Waals surface area contributed by atoms with E-state index in [4.69, 9.17) is 15.3 Å². The number of rotatable bonds is 1. The SMILES string of the molecule is OCc1coc(O)c1O. The van der Waals surface area contributed by atoms with Gasteiger partial charge in [0.05, 0.1) is 12.2 Å². The molecule has 50 valence electrons. The van der Waals surface area contributed by atoms with E-state index >= 15 is 0 Å². The molecule has 1 aromatic heterocycles. The quantitative estimate of drug-likeness (QED) is 0.507. The van der Waals surface area contributed by atoms with Crippen LogP contribution >= 0.6 is 0 Å². The van der Waals surface area contributed by atoms with E-state index in [1.54, 1.807) is 0 Å². The molecule has 0 saturated carbocycles. The second-order valence-electron chi connectivity index (χ2n) is 1.57. The summed E-state index contributed by atoms with van der Waals surface area (Å²) in [5.41, 5.74) is 0.188. The Balaban J connectivity index is 3.04. The van der Waals surface area contributed by atoms with Gasteiger partial charge >= 0.3 is 5.95 Å². The Morgan fingerprint density at radius 2 is 2.11 bits per heavy atom.